The minimum atomic E-state index is -0.563. The first-order valence-corrected chi connectivity index (χ1v) is 7.60. The summed E-state index contributed by atoms with van der Waals surface area (Å²) >= 11 is 4.89. The largest absolute Gasteiger partial charge is 0.298 e. The number of amides is 2. The molecule has 1 heterocycles. The van der Waals surface area contributed by atoms with Crippen LogP contribution in [0.2, 0.25) is 0 Å². The van der Waals surface area contributed by atoms with Gasteiger partial charge in [-0.1, -0.05) is 12.1 Å². The zero-order valence-corrected chi connectivity index (χ0v) is 14.0. The molecule has 0 unspecified atom stereocenters. The molecule has 9 nitrogen and oxygen atoms in total. The minimum absolute atomic E-state index is 0.0800. The Morgan fingerprint density at radius 2 is 1.88 bits per heavy atom. The van der Waals surface area contributed by atoms with Crippen LogP contribution < -0.4 is 16.2 Å². The van der Waals surface area contributed by atoms with Crippen LogP contribution in [-0.2, 0) is 4.79 Å². The van der Waals surface area contributed by atoms with E-state index in [1.54, 1.807) is 6.07 Å². The zero-order valence-electron chi connectivity index (χ0n) is 13.2. The fraction of sp³-hybridized carbons (Fsp3) is 0. The Bertz CT molecular complexity index is 870. The highest BCUT2D eigenvalue weighted by atomic mass is 32.1. The van der Waals surface area contributed by atoms with E-state index in [1.807, 2.05) is 0 Å². The molecular weight excluding hydrogens is 358 g/mol. The Morgan fingerprint density at radius 3 is 2.58 bits per heavy atom. The van der Waals surface area contributed by atoms with Gasteiger partial charge in [0.25, 0.3) is 11.6 Å². The number of rotatable bonds is 4. The predicted octanol–water partition coefficient (Wildman–Crippen LogP) is 1.34. The molecule has 0 atom stereocenters. The van der Waals surface area contributed by atoms with Crippen LogP contribution in [0.5, 0.6) is 0 Å². The number of aromatic nitrogens is 1. The number of hydrazine groups is 1. The van der Waals surface area contributed by atoms with E-state index in [0.29, 0.717) is 11.1 Å². The number of non-ortho nitro benzene ring substituents is 1. The molecule has 10 heteroatoms. The number of nitro groups is 1. The van der Waals surface area contributed by atoms with Crippen LogP contribution >= 0.6 is 12.2 Å². The quantitative estimate of drug-likeness (QED) is 0.320. The van der Waals surface area contributed by atoms with Gasteiger partial charge < -0.3 is 0 Å². The molecule has 0 aliphatic rings. The molecule has 0 saturated carbocycles. The fourth-order valence-corrected chi connectivity index (χ4v) is 1.94. The number of carbonyl (C=O) groups is 2. The first-order chi connectivity index (χ1) is 12.5. The average Bonchev–Trinajstić information content (AvgIpc) is 2.65. The molecule has 1 aromatic carbocycles. The summed E-state index contributed by atoms with van der Waals surface area (Å²) in [4.78, 5) is 37.5. The summed E-state index contributed by atoms with van der Waals surface area (Å²) in [6, 6.07) is 8.83. The molecule has 0 fully saturated rings. The molecule has 0 radical (unpaired) electrons. The van der Waals surface area contributed by atoms with E-state index in [2.05, 4.69) is 21.2 Å². The molecular formula is C16H13N5O4S. The maximum absolute atomic E-state index is 11.8. The topological polar surface area (TPSA) is 126 Å². The number of thiocarbonyl (C=S) groups is 1. The molecule has 1 aromatic heterocycles. The van der Waals surface area contributed by atoms with Crippen molar-refractivity contribution in [2.45, 2.75) is 0 Å². The molecule has 0 aliphatic heterocycles. The summed E-state index contributed by atoms with van der Waals surface area (Å²) in [5.41, 5.74) is 5.49. The lowest BCUT2D eigenvalue weighted by molar-refractivity contribution is -0.384. The maximum atomic E-state index is 11.8. The van der Waals surface area contributed by atoms with Crippen LogP contribution in [-0.4, -0.2) is 26.8 Å². The van der Waals surface area contributed by atoms with Gasteiger partial charge in [0, 0.05) is 36.2 Å². The highest BCUT2D eigenvalue weighted by molar-refractivity contribution is 7.80. The number of nitro benzene ring substituents is 1. The van der Waals surface area contributed by atoms with Gasteiger partial charge in [0.2, 0.25) is 5.91 Å². The van der Waals surface area contributed by atoms with Gasteiger partial charge >= 0.3 is 0 Å². The fourth-order valence-electron chi connectivity index (χ4n) is 1.79. The Kier molecular flexibility index (Phi) is 6.46. The Balaban J connectivity index is 1.83. The van der Waals surface area contributed by atoms with Gasteiger partial charge in [-0.3, -0.25) is 40.9 Å². The number of nitrogens with zero attached hydrogens (tertiary/aromatic N) is 2. The van der Waals surface area contributed by atoms with Crippen molar-refractivity contribution in [1.82, 2.24) is 21.2 Å². The lowest BCUT2D eigenvalue weighted by Gasteiger charge is -2.09. The molecule has 0 aliphatic carbocycles. The molecule has 3 N–H and O–H groups in total. The Morgan fingerprint density at radius 1 is 1.15 bits per heavy atom. The molecule has 2 aromatic rings. The number of hydrogen-bond acceptors (Lipinski definition) is 6. The number of nitrogens with one attached hydrogen (secondary N) is 3. The summed E-state index contributed by atoms with van der Waals surface area (Å²) in [6.45, 7) is 0. The summed E-state index contributed by atoms with van der Waals surface area (Å²) in [6.07, 6.45) is 5.50. The van der Waals surface area contributed by atoms with E-state index >= 15 is 0 Å². The van der Waals surface area contributed by atoms with Crippen molar-refractivity contribution < 1.29 is 14.5 Å². The third-order valence-electron chi connectivity index (χ3n) is 2.98. The summed E-state index contributed by atoms with van der Waals surface area (Å²) in [5, 5.41) is 12.9. The van der Waals surface area contributed by atoms with E-state index in [4.69, 9.17) is 12.2 Å². The zero-order chi connectivity index (χ0) is 18.9. The average molecular weight is 371 g/mol. The van der Waals surface area contributed by atoms with Crippen molar-refractivity contribution in [1.29, 1.82) is 0 Å². The van der Waals surface area contributed by atoms with Crippen LogP contribution in [0.1, 0.15) is 15.9 Å². The van der Waals surface area contributed by atoms with E-state index in [-0.39, 0.29) is 10.8 Å². The Labute approximate surface area is 153 Å². The van der Waals surface area contributed by atoms with Gasteiger partial charge in [-0.05, 0) is 36.0 Å². The first-order valence-electron chi connectivity index (χ1n) is 7.19. The van der Waals surface area contributed by atoms with Crippen molar-refractivity contribution in [3.05, 3.63) is 76.1 Å². The third-order valence-corrected chi connectivity index (χ3v) is 3.18. The molecule has 0 spiro atoms. The van der Waals surface area contributed by atoms with Crippen LogP contribution in [0.25, 0.3) is 6.08 Å². The van der Waals surface area contributed by atoms with E-state index in [1.165, 1.54) is 48.8 Å². The van der Waals surface area contributed by atoms with Crippen LogP contribution in [0.4, 0.5) is 5.69 Å². The second kappa shape index (κ2) is 8.99. The maximum Gasteiger partial charge on any atom is 0.270 e. The highest BCUT2D eigenvalue weighted by Crippen LogP contribution is 2.13. The van der Waals surface area contributed by atoms with Gasteiger partial charge in [-0.2, -0.15) is 0 Å². The normalized spacial score (nSPS) is 10.2. The third kappa shape index (κ3) is 5.76. The molecule has 2 rings (SSSR count). The first kappa shape index (κ1) is 18.7. The predicted molar refractivity (Wildman–Crippen MR) is 97.7 cm³/mol. The van der Waals surface area contributed by atoms with E-state index in [0.717, 1.165) is 6.08 Å². The second-order valence-corrected chi connectivity index (χ2v) is 5.23. The van der Waals surface area contributed by atoms with Gasteiger partial charge in [-0.15, -0.1) is 0 Å². The monoisotopic (exact) mass is 371 g/mol. The number of carbonyl (C=O) groups excluding carboxylic acids is 2. The van der Waals surface area contributed by atoms with Gasteiger partial charge in [0.1, 0.15) is 0 Å². The molecule has 0 saturated heterocycles. The van der Waals surface area contributed by atoms with Crippen molar-refractivity contribution in [2.75, 3.05) is 0 Å². The van der Waals surface area contributed by atoms with Crippen LogP contribution in [0.15, 0.2) is 54.9 Å². The van der Waals surface area contributed by atoms with E-state index in [9.17, 15) is 19.7 Å². The number of hydrogen-bond donors (Lipinski definition) is 3. The molecule has 132 valence electrons. The second-order valence-electron chi connectivity index (χ2n) is 4.82. The standard InChI is InChI=1S/C16H13N5O4S/c22-14(5-4-11-2-1-3-13(10-11)21(24)25)18-16(26)20-19-15(23)12-6-8-17-9-7-12/h1-10H,(H,19,23)(H2,18,20,22,26). The number of benzene rings is 1. The smallest absolute Gasteiger partial charge is 0.270 e. The van der Waals surface area contributed by atoms with Gasteiger partial charge in [0.05, 0.1) is 4.92 Å². The molecule has 0 bridgehead atoms. The Hall–Kier alpha value is -3.66. The van der Waals surface area contributed by atoms with Crippen molar-refractivity contribution >= 4 is 40.9 Å². The highest BCUT2D eigenvalue weighted by Gasteiger charge is 2.07. The lowest BCUT2D eigenvalue weighted by Crippen LogP contribution is -2.48. The molecule has 26 heavy (non-hydrogen) atoms. The SMILES string of the molecule is O=C(C=Cc1cccc([N+](=O)[O-])c1)NC(=S)NNC(=O)c1ccncc1. The van der Waals surface area contributed by atoms with Gasteiger partial charge in [-0.25, -0.2) is 0 Å². The summed E-state index contributed by atoms with van der Waals surface area (Å²) < 4.78 is 0. The van der Waals surface area contributed by atoms with E-state index < -0.39 is 16.7 Å². The summed E-state index contributed by atoms with van der Waals surface area (Å²) in [7, 11) is 0. The van der Waals surface area contributed by atoms with Crippen molar-refractivity contribution in [3.8, 4) is 0 Å². The van der Waals surface area contributed by atoms with Gasteiger partial charge in [0.15, 0.2) is 5.11 Å². The van der Waals surface area contributed by atoms with Crippen LogP contribution in [0.3, 0.4) is 0 Å². The lowest BCUT2D eigenvalue weighted by atomic mass is 10.2. The van der Waals surface area contributed by atoms with Crippen molar-refractivity contribution in [3.63, 3.8) is 0 Å². The van der Waals surface area contributed by atoms with Crippen molar-refractivity contribution in [2.24, 2.45) is 0 Å². The summed E-state index contributed by atoms with van der Waals surface area (Å²) in [5.74, 6) is -1.01. The van der Waals surface area contributed by atoms with Crippen LogP contribution in [0, 0.1) is 10.1 Å². The minimum Gasteiger partial charge on any atom is -0.298 e. The number of pyridine rings is 1. The molecule has 2 amide bonds.